The molecule has 0 heterocycles. The fraction of sp³-hybridized carbons (Fsp3) is 0.308. The molecule has 1 N–H and O–H groups in total. The van der Waals surface area contributed by atoms with E-state index in [1.807, 2.05) is 24.1 Å². The third-order valence-electron chi connectivity index (χ3n) is 2.33. The van der Waals surface area contributed by atoms with E-state index in [0.717, 1.165) is 11.5 Å². The van der Waals surface area contributed by atoms with Crippen LogP contribution in [0.5, 0.6) is 0 Å². The fourth-order valence-electron chi connectivity index (χ4n) is 1.50. The van der Waals surface area contributed by atoms with Crippen LogP contribution in [0.2, 0.25) is 10.0 Å². The molecule has 0 unspecified atom stereocenters. The summed E-state index contributed by atoms with van der Waals surface area (Å²) in [4.78, 5) is 6.09. The molecule has 0 atom stereocenters. The molecule has 0 fully saturated rings. The van der Waals surface area contributed by atoms with Crippen molar-refractivity contribution in [2.45, 2.75) is 6.54 Å². The second-order valence-electron chi connectivity index (χ2n) is 3.71. The Morgan fingerprint density at radius 1 is 1.42 bits per heavy atom. The van der Waals surface area contributed by atoms with Gasteiger partial charge in [0, 0.05) is 20.6 Å². The minimum Gasteiger partial charge on any atom is -0.345 e. The molecule has 0 spiro atoms. The molecule has 1 aromatic carbocycles. The summed E-state index contributed by atoms with van der Waals surface area (Å²) in [5.41, 5.74) is 1.05. The Hall–Kier alpha value is -0.640. The fourth-order valence-corrected chi connectivity index (χ4v) is 1.82. The van der Waals surface area contributed by atoms with Crippen molar-refractivity contribution in [1.82, 2.24) is 10.2 Å². The van der Waals surface area contributed by atoms with Crippen molar-refractivity contribution in [3.05, 3.63) is 33.8 Å². The molecule has 0 aliphatic rings. The summed E-state index contributed by atoms with van der Waals surface area (Å²) in [6.07, 6.45) is 5.20. The van der Waals surface area contributed by atoms with E-state index in [4.69, 9.17) is 29.6 Å². The highest BCUT2D eigenvalue weighted by molar-refractivity contribution is 14.0. The second-order valence-corrected chi connectivity index (χ2v) is 4.52. The Kier molecular flexibility index (Phi) is 8.98. The molecule has 3 nitrogen and oxygen atoms in total. The zero-order valence-corrected chi connectivity index (χ0v) is 14.6. The summed E-state index contributed by atoms with van der Waals surface area (Å²) >= 11 is 11.8. The summed E-state index contributed by atoms with van der Waals surface area (Å²) in [5, 5.41) is 4.15. The zero-order chi connectivity index (χ0) is 13.5. The number of halogens is 3. The first kappa shape index (κ1) is 18.4. The summed E-state index contributed by atoms with van der Waals surface area (Å²) in [7, 11) is 3.64. The van der Waals surface area contributed by atoms with E-state index in [1.165, 1.54) is 0 Å². The van der Waals surface area contributed by atoms with Crippen molar-refractivity contribution in [3.63, 3.8) is 0 Å². The van der Waals surface area contributed by atoms with Crippen molar-refractivity contribution in [2.75, 3.05) is 20.6 Å². The van der Waals surface area contributed by atoms with Crippen molar-refractivity contribution in [2.24, 2.45) is 4.99 Å². The average molecular weight is 412 g/mol. The van der Waals surface area contributed by atoms with Gasteiger partial charge in [-0.25, -0.2) is 0 Å². The lowest BCUT2D eigenvalue weighted by Crippen LogP contribution is -2.38. The lowest BCUT2D eigenvalue weighted by molar-refractivity contribution is 0.481. The molecule has 1 aromatic rings. The predicted octanol–water partition coefficient (Wildman–Crippen LogP) is 3.25. The van der Waals surface area contributed by atoms with Crippen LogP contribution in [-0.4, -0.2) is 31.5 Å². The minimum atomic E-state index is 0. The van der Waals surface area contributed by atoms with Crippen LogP contribution in [0.4, 0.5) is 0 Å². The molecule has 104 valence electrons. The van der Waals surface area contributed by atoms with Crippen LogP contribution in [0.15, 0.2) is 23.2 Å². The van der Waals surface area contributed by atoms with Crippen molar-refractivity contribution in [3.8, 4) is 12.3 Å². The van der Waals surface area contributed by atoms with Gasteiger partial charge in [0.1, 0.15) is 0 Å². The summed E-state index contributed by atoms with van der Waals surface area (Å²) in [6.45, 7) is 1.11. The number of nitrogens with zero attached hydrogens (tertiary/aromatic N) is 2. The topological polar surface area (TPSA) is 27.6 Å². The van der Waals surface area contributed by atoms with Crippen LogP contribution in [0.1, 0.15) is 5.56 Å². The molecule has 0 bridgehead atoms. The number of nitrogens with one attached hydrogen (secondary N) is 1. The van der Waals surface area contributed by atoms with Gasteiger partial charge in [-0.3, -0.25) is 4.99 Å². The Morgan fingerprint density at radius 3 is 2.63 bits per heavy atom. The number of rotatable bonds is 3. The zero-order valence-electron chi connectivity index (χ0n) is 10.8. The number of hydrogen-bond acceptors (Lipinski definition) is 1. The first-order valence-electron chi connectivity index (χ1n) is 5.37. The van der Waals surface area contributed by atoms with Crippen LogP contribution in [0.25, 0.3) is 0 Å². The van der Waals surface area contributed by atoms with Gasteiger partial charge in [-0.2, -0.15) is 0 Å². The molecule has 0 aliphatic carbocycles. The monoisotopic (exact) mass is 411 g/mol. The molecular weight excluding hydrogens is 396 g/mol. The van der Waals surface area contributed by atoms with Gasteiger partial charge < -0.3 is 10.2 Å². The maximum Gasteiger partial charge on any atom is 0.194 e. The number of terminal acetylenes is 1. The first-order chi connectivity index (χ1) is 8.58. The van der Waals surface area contributed by atoms with Gasteiger partial charge in [0.15, 0.2) is 5.96 Å². The SMILES string of the molecule is C#CCNC(=NC)N(C)Cc1ccc(Cl)c(Cl)c1.I. The highest BCUT2D eigenvalue weighted by atomic mass is 127. The van der Waals surface area contributed by atoms with Crippen LogP contribution in [0.3, 0.4) is 0 Å². The number of guanidine groups is 1. The molecule has 0 amide bonds. The normalized spacial score (nSPS) is 10.4. The molecule has 0 aromatic heterocycles. The number of hydrogen-bond donors (Lipinski definition) is 1. The van der Waals surface area contributed by atoms with Crippen LogP contribution in [0, 0.1) is 12.3 Å². The average Bonchev–Trinajstić information content (AvgIpc) is 2.35. The Labute approximate surface area is 141 Å². The Balaban J connectivity index is 0.00000324. The molecule has 0 aliphatic heterocycles. The second kappa shape index (κ2) is 9.29. The van der Waals surface area contributed by atoms with Crippen LogP contribution in [-0.2, 0) is 6.54 Å². The van der Waals surface area contributed by atoms with E-state index in [1.54, 1.807) is 13.1 Å². The van der Waals surface area contributed by atoms with Gasteiger partial charge in [0.25, 0.3) is 0 Å². The van der Waals surface area contributed by atoms with Gasteiger partial charge in [-0.1, -0.05) is 35.2 Å². The standard InChI is InChI=1S/C13H15Cl2N3.HI/c1-4-7-17-13(16-2)18(3)9-10-5-6-11(14)12(15)8-10;/h1,5-6,8H,7,9H2,2-3H3,(H,16,17);1H. The Morgan fingerprint density at radius 2 is 2.11 bits per heavy atom. The maximum absolute atomic E-state index is 5.97. The molecule has 0 radical (unpaired) electrons. The lowest BCUT2D eigenvalue weighted by atomic mass is 10.2. The molecule has 0 saturated heterocycles. The molecular formula is C13H16Cl2IN3. The van der Waals surface area contributed by atoms with Crippen molar-refractivity contribution < 1.29 is 0 Å². The lowest BCUT2D eigenvalue weighted by Gasteiger charge is -2.21. The molecule has 19 heavy (non-hydrogen) atoms. The first-order valence-corrected chi connectivity index (χ1v) is 6.13. The summed E-state index contributed by atoms with van der Waals surface area (Å²) < 4.78 is 0. The number of benzene rings is 1. The van der Waals surface area contributed by atoms with Crippen LogP contribution >= 0.6 is 47.2 Å². The molecule has 0 saturated carbocycles. The van der Waals surface area contributed by atoms with E-state index < -0.39 is 0 Å². The Bertz CT molecular complexity index is 483. The number of aliphatic imine (C=N–C) groups is 1. The van der Waals surface area contributed by atoms with E-state index in [2.05, 4.69) is 16.2 Å². The third-order valence-corrected chi connectivity index (χ3v) is 3.06. The predicted molar refractivity (Wildman–Crippen MR) is 93.5 cm³/mol. The van der Waals surface area contributed by atoms with E-state index >= 15 is 0 Å². The van der Waals surface area contributed by atoms with E-state index in [0.29, 0.717) is 23.1 Å². The highest BCUT2D eigenvalue weighted by Gasteiger charge is 2.07. The van der Waals surface area contributed by atoms with Crippen molar-refractivity contribution >= 4 is 53.1 Å². The molecule has 6 heteroatoms. The summed E-state index contributed by atoms with van der Waals surface area (Å²) in [6, 6.07) is 5.55. The smallest absolute Gasteiger partial charge is 0.194 e. The van der Waals surface area contributed by atoms with Gasteiger partial charge in [0.2, 0.25) is 0 Å². The van der Waals surface area contributed by atoms with Crippen molar-refractivity contribution in [1.29, 1.82) is 0 Å². The van der Waals surface area contributed by atoms with Gasteiger partial charge in [0.05, 0.1) is 16.6 Å². The third kappa shape index (κ3) is 5.89. The molecule has 1 rings (SSSR count). The quantitative estimate of drug-likeness (QED) is 0.358. The van der Waals surface area contributed by atoms with Gasteiger partial charge in [-0.05, 0) is 17.7 Å². The maximum atomic E-state index is 5.97. The minimum absolute atomic E-state index is 0. The highest BCUT2D eigenvalue weighted by Crippen LogP contribution is 2.23. The van der Waals surface area contributed by atoms with Crippen LogP contribution < -0.4 is 5.32 Å². The van der Waals surface area contributed by atoms with Gasteiger partial charge in [-0.15, -0.1) is 30.4 Å². The van der Waals surface area contributed by atoms with Gasteiger partial charge >= 0.3 is 0 Å². The largest absolute Gasteiger partial charge is 0.345 e. The van der Waals surface area contributed by atoms with E-state index in [-0.39, 0.29) is 24.0 Å². The summed E-state index contributed by atoms with van der Waals surface area (Å²) in [5.74, 6) is 3.25. The van der Waals surface area contributed by atoms with E-state index in [9.17, 15) is 0 Å².